The largest absolute Gasteiger partial charge is 0.391 e. The first kappa shape index (κ1) is 13.5. The van der Waals surface area contributed by atoms with Crippen molar-refractivity contribution in [3.05, 3.63) is 36.7 Å². The third-order valence-electron chi connectivity index (χ3n) is 3.74. The van der Waals surface area contributed by atoms with E-state index in [1.165, 1.54) is 6.20 Å². The summed E-state index contributed by atoms with van der Waals surface area (Å²) < 4.78 is 2.02. The normalized spacial score (nSPS) is 24.7. The number of nitrogens with one attached hydrogen (secondary N) is 1. The van der Waals surface area contributed by atoms with E-state index in [4.69, 9.17) is 5.26 Å². The monoisotopic (exact) mass is 284 g/mol. The summed E-state index contributed by atoms with van der Waals surface area (Å²) in [5.41, 5.74) is 0.315. The number of nitriles is 1. The molecule has 3 atom stereocenters. The fourth-order valence-corrected chi connectivity index (χ4v) is 2.77. The zero-order chi connectivity index (χ0) is 14.7. The molecule has 2 aromatic heterocycles. The number of nitrogens with zero attached hydrogens (tertiary/aromatic N) is 5. The summed E-state index contributed by atoms with van der Waals surface area (Å²) in [5.74, 6) is 0.771. The first-order valence-electron chi connectivity index (χ1n) is 6.88. The minimum absolute atomic E-state index is 0.0903. The van der Waals surface area contributed by atoms with Crippen LogP contribution in [0.15, 0.2) is 31.0 Å². The topological polar surface area (TPSA) is 99.7 Å². The van der Waals surface area contributed by atoms with Crippen LogP contribution in [0, 0.1) is 17.2 Å². The van der Waals surface area contributed by atoms with Crippen LogP contribution in [-0.4, -0.2) is 36.8 Å². The molecule has 1 unspecified atom stereocenters. The molecule has 1 fully saturated rings. The molecule has 0 spiro atoms. The smallest absolute Gasteiger partial charge is 0.224 e. The molecule has 7 heteroatoms. The van der Waals surface area contributed by atoms with Crippen molar-refractivity contribution in [2.75, 3.05) is 5.32 Å². The van der Waals surface area contributed by atoms with E-state index in [-0.39, 0.29) is 6.04 Å². The second kappa shape index (κ2) is 5.89. The van der Waals surface area contributed by atoms with E-state index in [9.17, 15) is 5.11 Å². The molecule has 2 heterocycles. The average molecular weight is 284 g/mol. The van der Waals surface area contributed by atoms with Crippen LogP contribution in [0.25, 0.3) is 0 Å². The Morgan fingerprint density at radius 1 is 1.43 bits per heavy atom. The lowest BCUT2D eigenvalue weighted by Crippen LogP contribution is -2.28. The lowest BCUT2D eigenvalue weighted by Gasteiger charge is -2.16. The van der Waals surface area contributed by atoms with Gasteiger partial charge in [-0.15, -0.1) is 0 Å². The van der Waals surface area contributed by atoms with Crippen LogP contribution in [0.2, 0.25) is 0 Å². The third kappa shape index (κ3) is 3.17. The predicted octanol–water partition coefficient (Wildman–Crippen LogP) is 0.796. The molecule has 0 aromatic carbocycles. The molecule has 0 aliphatic heterocycles. The average Bonchev–Trinajstić information content (AvgIpc) is 3.10. The zero-order valence-electron chi connectivity index (χ0n) is 11.4. The summed E-state index contributed by atoms with van der Waals surface area (Å²) >= 11 is 0. The number of hydrogen-bond donors (Lipinski definition) is 2. The van der Waals surface area contributed by atoms with Crippen molar-refractivity contribution in [3.8, 4) is 6.07 Å². The maximum atomic E-state index is 10.2. The molecule has 0 saturated heterocycles. The van der Waals surface area contributed by atoms with E-state index >= 15 is 0 Å². The van der Waals surface area contributed by atoms with E-state index < -0.39 is 6.10 Å². The Morgan fingerprint density at radius 2 is 2.33 bits per heavy atom. The molecule has 0 bridgehead atoms. The van der Waals surface area contributed by atoms with Crippen molar-refractivity contribution in [2.45, 2.75) is 31.5 Å². The highest BCUT2D eigenvalue weighted by molar-refractivity contribution is 5.31. The first-order chi connectivity index (χ1) is 10.2. The fourth-order valence-electron chi connectivity index (χ4n) is 2.77. The van der Waals surface area contributed by atoms with Crippen molar-refractivity contribution in [1.29, 1.82) is 5.26 Å². The van der Waals surface area contributed by atoms with E-state index in [0.29, 0.717) is 17.6 Å². The Hall–Kier alpha value is -2.46. The van der Waals surface area contributed by atoms with Gasteiger partial charge in [0.05, 0.1) is 18.5 Å². The second-order valence-electron chi connectivity index (χ2n) is 5.29. The number of imidazole rings is 1. The summed E-state index contributed by atoms with van der Waals surface area (Å²) in [5, 5.41) is 22.1. The second-order valence-corrected chi connectivity index (χ2v) is 5.29. The number of rotatable bonds is 4. The molecule has 1 saturated carbocycles. The summed E-state index contributed by atoms with van der Waals surface area (Å²) in [7, 11) is 0. The fraction of sp³-hybridized carbons (Fsp3) is 0.429. The molecule has 3 rings (SSSR count). The minimum Gasteiger partial charge on any atom is -0.391 e. The van der Waals surface area contributed by atoms with Gasteiger partial charge in [-0.05, 0) is 24.8 Å². The van der Waals surface area contributed by atoms with E-state index in [1.54, 1.807) is 18.6 Å². The van der Waals surface area contributed by atoms with Crippen LogP contribution < -0.4 is 5.32 Å². The Bertz CT molecular complexity index is 635. The van der Waals surface area contributed by atoms with Crippen molar-refractivity contribution in [3.63, 3.8) is 0 Å². The molecule has 2 N–H and O–H groups in total. The van der Waals surface area contributed by atoms with Crippen LogP contribution in [0.3, 0.4) is 0 Å². The van der Waals surface area contributed by atoms with E-state index in [0.717, 1.165) is 19.4 Å². The van der Waals surface area contributed by atoms with Crippen LogP contribution in [0.4, 0.5) is 5.95 Å². The lowest BCUT2D eigenvalue weighted by molar-refractivity contribution is 0.166. The van der Waals surface area contributed by atoms with Gasteiger partial charge in [0.15, 0.2) is 0 Å². The van der Waals surface area contributed by atoms with Crippen molar-refractivity contribution in [1.82, 2.24) is 19.5 Å². The Morgan fingerprint density at radius 3 is 3.10 bits per heavy atom. The van der Waals surface area contributed by atoms with E-state index in [2.05, 4.69) is 20.3 Å². The number of aromatic nitrogens is 4. The minimum atomic E-state index is -0.437. The van der Waals surface area contributed by atoms with Gasteiger partial charge in [0, 0.05) is 25.1 Å². The quantitative estimate of drug-likeness (QED) is 0.861. The molecule has 2 aromatic rings. The van der Waals surface area contributed by atoms with Gasteiger partial charge in [-0.1, -0.05) is 0 Å². The Kier molecular flexibility index (Phi) is 3.79. The van der Waals surface area contributed by atoms with Gasteiger partial charge in [0.1, 0.15) is 11.8 Å². The molecule has 21 heavy (non-hydrogen) atoms. The SMILES string of the molecule is N#Cc1ccnc(N[C@@H]2CC(Cn3ccnc3)C[C@H]2O)n1. The summed E-state index contributed by atoms with van der Waals surface area (Å²) in [6.07, 6.45) is 8.13. The molecular weight excluding hydrogens is 268 g/mol. The predicted molar refractivity (Wildman–Crippen MR) is 75.1 cm³/mol. The molecule has 1 aliphatic carbocycles. The summed E-state index contributed by atoms with van der Waals surface area (Å²) in [6, 6.07) is 3.44. The highest BCUT2D eigenvalue weighted by atomic mass is 16.3. The van der Waals surface area contributed by atoms with Crippen LogP contribution in [-0.2, 0) is 6.54 Å². The molecular formula is C14H16N6O. The summed E-state index contributed by atoms with van der Waals surface area (Å²) in [4.78, 5) is 12.2. The molecule has 0 radical (unpaired) electrons. The summed E-state index contributed by atoms with van der Waals surface area (Å²) in [6.45, 7) is 0.842. The van der Waals surface area contributed by atoms with Gasteiger partial charge >= 0.3 is 0 Å². The molecule has 7 nitrogen and oxygen atoms in total. The maximum Gasteiger partial charge on any atom is 0.224 e. The van der Waals surface area contributed by atoms with Gasteiger partial charge < -0.3 is 15.0 Å². The highest BCUT2D eigenvalue weighted by Gasteiger charge is 2.33. The maximum absolute atomic E-state index is 10.2. The molecule has 0 amide bonds. The van der Waals surface area contributed by atoms with E-state index in [1.807, 2.05) is 16.8 Å². The van der Waals surface area contributed by atoms with Gasteiger partial charge in [0.25, 0.3) is 0 Å². The number of hydrogen-bond acceptors (Lipinski definition) is 6. The molecule has 1 aliphatic rings. The third-order valence-corrected chi connectivity index (χ3v) is 3.74. The van der Waals surface area contributed by atoms with Crippen molar-refractivity contribution < 1.29 is 5.11 Å². The number of aliphatic hydroxyl groups excluding tert-OH is 1. The van der Waals surface area contributed by atoms with Gasteiger partial charge in [-0.2, -0.15) is 5.26 Å². The highest BCUT2D eigenvalue weighted by Crippen LogP contribution is 2.29. The number of aliphatic hydroxyl groups is 1. The van der Waals surface area contributed by atoms with Gasteiger partial charge in [0.2, 0.25) is 5.95 Å². The molecule has 108 valence electrons. The zero-order valence-corrected chi connectivity index (χ0v) is 11.4. The van der Waals surface area contributed by atoms with Crippen molar-refractivity contribution >= 4 is 5.95 Å². The standard InChI is InChI=1S/C14H16N6O/c15-7-11-1-2-17-14(18-11)19-12-5-10(6-13(12)21)8-20-4-3-16-9-20/h1-4,9-10,12-13,21H,5-6,8H2,(H,17,18,19)/t10?,12-,13-/m1/s1. The lowest BCUT2D eigenvalue weighted by atomic mass is 10.1. The number of anilines is 1. The van der Waals surface area contributed by atoms with Crippen molar-refractivity contribution in [2.24, 2.45) is 5.92 Å². The van der Waals surface area contributed by atoms with Crippen LogP contribution >= 0.6 is 0 Å². The van der Waals surface area contributed by atoms with Crippen LogP contribution in [0.5, 0.6) is 0 Å². The van der Waals surface area contributed by atoms with Crippen LogP contribution in [0.1, 0.15) is 18.5 Å². The van der Waals surface area contributed by atoms with Gasteiger partial charge in [-0.3, -0.25) is 0 Å². The Balaban J connectivity index is 1.62. The first-order valence-corrected chi connectivity index (χ1v) is 6.88. The Labute approximate surface area is 122 Å². The van der Waals surface area contributed by atoms with Gasteiger partial charge in [-0.25, -0.2) is 15.0 Å².